The number of rotatable bonds is 6. The van der Waals surface area contributed by atoms with Crippen LogP contribution in [0.3, 0.4) is 0 Å². The molecule has 3 heterocycles. The third-order valence-corrected chi connectivity index (χ3v) is 4.48. The fourth-order valence-electron chi connectivity index (χ4n) is 3.15. The van der Waals surface area contributed by atoms with Gasteiger partial charge in [-0.25, -0.2) is 14.3 Å². The molecule has 142 valence electrons. The third kappa shape index (κ3) is 3.54. The highest BCUT2D eigenvalue weighted by Crippen LogP contribution is 2.20. The summed E-state index contributed by atoms with van der Waals surface area (Å²) in [7, 11) is 1.96. The Morgan fingerprint density at radius 2 is 2.04 bits per heavy atom. The minimum absolute atomic E-state index is 0.100. The van der Waals surface area contributed by atoms with Crippen LogP contribution in [0.4, 0.5) is 0 Å². The van der Waals surface area contributed by atoms with Crippen molar-refractivity contribution in [2.24, 2.45) is 7.05 Å². The van der Waals surface area contributed by atoms with Crippen molar-refractivity contribution in [3.8, 4) is 5.82 Å². The van der Waals surface area contributed by atoms with E-state index in [2.05, 4.69) is 20.5 Å². The quantitative estimate of drug-likeness (QED) is 0.533. The zero-order valence-electron chi connectivity index (χ0n) is 15.3. The van der Waals surface area contributed by atoms with Crippen LogP contribution in [0, 0.1) is 0 Å². The van der Waals surface area contributed by atoms with Crippen LogP contribution in [-0.2, 0) is 24.8 Å². The molecule has 3 aromatic heterocycles. The molecule has 0 bridgehead atoms. The Labute approximate surface area is 160 Å². The first-order chi connectivity index (χ1) is 13.6. The summed E-state index contributed by atoms with van der Waals surface area (Å²) in [5.41, 5.74) is 1.82. The molecule has 0 radical (unpaired) electrons. The predicted molar refractivity (Wildman–Crippen MR) is 103 cm³/mol. The lowest BCUT2D eigenvalue weighted by molar-refractivity contribution is -0.120. The van der Waals surface area contributed by atoms with Gasteiger partial charge in [0.1, 0.15) is 12.7 Å². The van der Waals surface area contributed by atoms with E-state index in [1.54, 1.807) is 6.07 Å². The Kier molecular flexibility index (Phi) is 4.71. The Morgan fingerprint density at radius 3 is 2.86 bits per heavy atom. The second-order valence-electron chi connectivity index (χ2n) is 6.40. The minimum Gasteiger partial charge on any atom is -0.354 e. The summed E-state index contributed by atoms with van der Waals surface area (Å²) in [6, 6.07) is 11.0. The molecule has 0 fully saturated rings. The fraction of sp³-hybridized carbons (Fsp3) is 0.211. The van der Waals surface area contributed by atoms with Gasteiger partial charge in [-0.15, -0.1) is 5.10 Å². The fourth-order valence-corrected chi connectivity index (χ4v) is 3.15. The van der Waals surface area contributed by atoms with Gasteiger partial charge in [0, 0.05) is 36.8 Å². The number of nitrogens with one attached hydrogen (secondary N) is 1. The zero-order chi connectivity index (χ0) is 19.5. The van der Waals surface area contributed by atoms with E-state index in [0.717, 1.165) is 16.5 Å². The Morgan fingerprint density at radius 1 is 1.18 bits per heavy atom. The van der Waals surface area contributed by atoms with Crippen LogP contribution in [0.25, 0.3) is 16.7 Å². The molecule has 9 nitrogen and oxygen atoms in total. The molecule has 1 amide bonds. The molecule has 0 saturated carbocycles. The van der Waals surface area contributed by atoms with Crippen molar-refractivity contribution in [1.29, 1.82) is 0 Å². The number of aromatic nitrogens is 6. The Balaban J connectivity index is 1.39. The zero-order valence-corrected chi connectivity index (χ0v) is 15.3. The van der Waals surface area contributed by atoms with Crippen LogP contribution >= 0.6 is 0 Å². The molecule has 9 heteroatoms. The molecule has 0 aliphatic heterocycles. The summed E-state index contributed by atoms with van der Waals surface area (Å²) < 4.78 is 4.78. The Bertz CT molecular complexity index is 1170. The van der Waals surface area contributed by atoms with E-state index in [1.807, 2.05) is 42.1 Å². The van der Waals surface area contributed by atoms with Crippen molar-refractivity contribution >= 4 is 16.8 Å². The largest absolute Gasteiger partial charge is 0.354 e. The van der Waals surface area contributed by atoms with Crippen molar-refractivity contribution in [3.05, 3.63) is 71.2 Å². The molecule has 0 atom stereocenters. The number of hydrogen-bond donors (Lipinski definition) is 1. The average molecular weight is 377 g/mol. The molecule has 0 saturated heterocycles. The van der Waals surface area contributed by atoms with Gasteiger partial charge in [-0.1, -0.05) is 18.2 Å². The summed E-state index contributed by atoms with van der Waals surface area (Å²) in [5, 5.41) is 12.2. The lowest BCUT2D eigenvalue weighted by Crippen LogP contribution is -2.33. The monoisotopic (exact) mass is 377 g/mol. The number of amides is 1. The number of benzene rings is 1. The van der Waals surface area contributed by atoms with Crippen LogP contribution < -0.4 is 10.9 Å². The molecule has 4 rings (SSSR count). The van der Waals surface area contributed by atoms with Crippen LogP contribution in [0.15, 0.2) is 60.0 Å². The first-order valence-corrected chi connectivity index (χ1v) is 8.84. The van der Waals surface area contributed by atoms with Gasteiger partial charge in [0.05, 0.1) is 13.0 Å². The SMILES string of the molecule is Cn1cc(CC(=O)NCCn2nc(-n3cncn3)ccc2=O)c2ccccc21. The van der Waals surface area contributed by atoms with Gasteiger partial charge in [-0.05, 0) is 17.7 Å². The molecule has 1 N–H and O–H groups in total. The van der Waals surface area contributed by atoms with Gasteiger partial charge in [-0.2, -0.15) is 5.10 Å². The summed E-state index contributed by atoms with van der Waals surface area (Å²) in [6.45, 7) is 0.569. The smallest absolute Gasteiger partial charge is 0.266 e. The van der Waals surface area contributed by atoms with Gasteiger partial charge in [0.2, 0.25) is 5.91 Å². The standard InChI is InChI=1S/C19H19N7O2/c1-24-11-14(15-4-2-3-5-16(15)24)10-18(27)21-8-9-25-19(28)7-6-17(23-25)26-13-20-12-22-26/h2-7,11-13H,8-10H2,1H3,(H,21,27). The van der Waals surface area contributed by atoms with Gasteiger partial charge in [-0.3, -0.25) is 9.59 Å². The topological polar surface area (TPSA) is 99.6 Å². The molecule has 0 aliphatic carbocycles. The van der Waals surface area contributed by atoms with E-state index in [4.69, 9.17) is 0 Å². The number of fused-ring (bicyclic) bond motifs is 1. The van der Waals surface area contributed by atoms with Crippen molar-refractivity contribution in [3.63, 3.8) is 0 Å². The molecule has 4 aromatic rings. The first-order valence-electron chi connectivity index (χ1n) is 8.84. The molecule has 28 heavy (non-hydrogen) atoms. The lowest BCUT2D eigenvalue weighted by atomic mass is 10.1. The van der Waals surface area contributed by atoms with Crippen LogP contribution in [0.1, 0.15) is 5.56 Å². The maximum Gasteiger partial charge on any atom is 0.266 e. The van der Waals surface area contributed by atoms with Gasteiger partial charge in [0.15, 0.2) is 5.82 Å². The highest BCUT2D eigenvalue weighted by molar-refractivity contribution is 5.89. The van der Waals surface area contributed by atoms with Crippen molar-refractivity contribution in [1.82, 2.24) is 34.4 Å². The summed E-state index contributed by atoms with van der Waals surface area (Å²) >= 11 is 0. The van der Waals surface area contributed by atoms with Crippen LogP contribution in [-0.4, -0.2) is 41.6 Å². The molecular formula is C19H19N7O2. The number of para-hydroxylation sites is 1. The lowest BCUT2D eigenvalue weighted by Gasteiger charge is -2.08. The number of nitrogens with zero attached hydrogens (tertiary/aromatic N) is 6. The molecule has 0 unspecified atom stereocenters. The summed E-state index contributed by atoms with van der Waals surface area (Å²) in [5.74, 6) is 0.385. The Hall–Kier alpha value is -3.75. The van der Waals surface area contributed by atoms with Crippen molar-refractivity contribution in [2.45, 2.75) is 13.0 Å². The van der Waals surface area contributed by atoms with Gasteiger partial charge >= 0.3 is 0 Å². The number of aryl methyl sites for hydroxylation is 1. The van der Waals surface area contributed by atoms with Crippen molar-refractivity contribution < 1.29 is 4.79 Å². The minimum atomic E-state index is -0.243. The third-order valence-electron chi connectivity index (χ3n) is 4.48. The number of carbonyl (C=O) groups is 1. The molecule has 0 aliphatic rings. The van der Waals surface area contributed by atoms with E-state index in [1.165, 1.54) is 28.1 Å². The maximum absolute atomic E-state index is 12.3. The number of hydrogen-bond acceptors (Lipinski definition) is 5. The average Bonchev–Trinajstić information content (AvgIpc) is 3.33. The van der Waals surface area contributed by atoms with Gasteiger partial charge in [0.25, 0.3) is 5.56 Å². The summed E-state index contributed by atoms with van der Waals surface area (Å²) in [4.78, 5) is 28.2. The van der Waals surface area contributed by atoms with E-state index in [-0.39, 0.29) is 24.4 Å². The van der Waals surface area contributed by atoms with Gasteiger partial charge < -0.3 is 9.88 Å². The summed E-state index contributed by atoms with van der Waals surface area (Å²) in [6.07, 6.45) is 5.15. The molecular weight excluding hydrogens is 358 g/mol. The normalized spacial score (nSPS) is 11.0. The first kappa shape index (κ1) is 17.7. The number of carbonyl (C=O) groups excluding carboxylic acids is 1. The molecule has 0 spiro atoms. The van der Waals surface area contributed by atoms with E-state index >= 15 is 0 Å². The van der Waals surface area contributed by atoms with Crippen LogP contribution in [0.2, 0.25) is 0 Å². The highest BCUT2D eigenvalue weighted by atomic mass is 16.1. The predicted octanol–water partition coefficient (Wildman–Crippen LogP) is 0.675. The van der Waals surface area contributed by atoms with E-state index in [0.29, 0.717) is 12.4 Å². The highest BCUT2D eigenvalue weighted by Gasteiger charge is 2.10. The molecule has 1 aromatic carbocycles. The van der Waals surface area contributed by atoms with Crippen LogP contribution in [0.5, 0.6) is 0 Å². The second kappa shape index (κ2) is 7.47. The second-order valence-corrected chi connectivity index (χ2v) is 6.40. The van der Waals surface area contributed by atoms with Crippen molar-refractivity contribution in [2.75, 3.05) is 6.54 Å². The van der Waals surface area contributed by atoms with E-state index in [9.17, 15) is 9.59 Å². The maximum atomic E-state index is 12.3. The van der Waals surface area contributed by atoms with E-state index < -0.39 is 0 Å².